The maximum Gasteiger partial charge on any atom is 0.326 e. The molecule has 0 bridgehead atoms. The number of hydrogen-bond acceptors (Lipinski definition) is 2. The van der Waals surface area contributed by atoms with Gasteiger partial charge in [-0.15, -0.1) is 0 Å². The Morgan fingerprint density at radius 1 is 1.24 bits per heavy atom. The van der Waals surface area contributed by atoms with Crippen LogP contribution >= 0.6 is 0 Å². The Balaban J connectivity index is 2.03. The molecule has 114 valence electrons. The van der Waals surface area contributed by atoms with Crippen molar-refractivity contribution in [2.24, 2.45) is 5.92 Å². The summed E-state index contributed by atoms with van der Waals surface area (Å²) in [7, 11) is 0. The van der Waals surface area contributed by atoms with E-state index in [0.717, 1.165) is 18.4 Å². The molecule has 0 saturated heterocycles. The van der Waals surface area contributed by atoms with Gasteiger partial charge in [0.25, 0.3) is 5.91 Å². The molecular weight excluding hydrogens is 266 g/mol. The molecule has 0 aromatic heterocycles. The normalized spacial score (nSPS) is 16.3. The Labute approximate surface area is 125 Å². The van der Waals surface area contributed by atoms with E-state index in [2.05, 4.69) is 26.1 Å². The van der Waals surface area contributed by atoms with Crippen molar-refractivity contribution < 1.29 is 14.7 Å². The number of nitrogens with one attached hydrogen (secondary N) is 1. The Morgan fingerprint density at radius 3 is 2.24 bits per heavy atom. The first-order valence-corrected chi connectivity index (χ1v) is 7.41. The molecule has 1 atom stereocenters. The molecule has 2 N–H and O–H groups in total. The van der Waals surface area contributed by atoms with Gasteiger partial charge in [-0.1, -0.05) is 45.7 Å². The third-order valence-corrected chi connectivity index (χ3v) is 3.88. The molecule has 21 heavy (non-hydrogen) atoms. The Kier molecular flexibility index (Phi) is 4.35. The van der Waals surface area contributed by atoms with E-state index < -0.39 is 12.0 Å². The van der Waals surface area contributed by atoms with Crippen LogP contribution in [-0.2, 0) is 10.2 Å². The fourth-order valence-corrected chi connectivity index (χ4v) is 2.27. The molecule has 4 nitrogen and oxygen atoms in total. The average molecular weight is 289 g/mol. The zero-order valence-corrected chi connectivity index (χ0v) is 12.8. The van der Waals surface area contributed by atoms with Crippen molar-refractivity contribution in [3.8, 4) is 0 Å². The van der Waals surface area contributed by atoms with Crippen molar-refractivity contribution in [2.45, 2.75) is 51.5 Å². The van der Waals surface area contributed by atoms with Crippen LogP contribution in [0, 0.1) is 5.92 Å². The molecule has 2 rings (SSSR count). The summed E-state index contributed by atoms with van der Waals surface area (Å²) < 4.78 is 0. The lowest BCUT2D eigenvalue weighted by atomic mass is 9.86. The van der Waals surface area contributed by atoms with Crippen LogP contribution in [0.1, 0.15) is 56.0 Å². The van der Waals surface area contributed by atoms with Gasteiger partial charge in [0.2, 0.25) is 0 Å². The monoisotopic (exact) mass is 289 g/mol. The lowest BCUT2D eigenvalue weighted by Crippen LogP contribution is -2.41. The quantitative estimate of drug-likeness (QED) is 0.875. The molecule has 0 radical (unpaired) electrons. The van der Waals surface area contributed by atoms with E-state index in [1.54, 1.807) is 12.1 Å². The second kappa shape index (κ2) is 5.88. The van der Waals surface area contributed by atoms with Gasteiger partial charge in [-0.3, -0.25) is 4.79 Å². The molecule has 0 aliphatic heterocycles. The Morgan fingerprint density at radius 2 is 1.81 bits per heavy atom. The van der Waals surface area contributed by atoms with Gasteiger partial charge in [-0.05, 0) is 35.4 Å². The maximum absolute atomic E-state index is 12.1. The van der Waals surface area contributed by atoms with Crippen molar-refractivity contribution in [3.63, 3.8) is 0 Å². The highest BCUT2D eigenvalue weighted by Crippen LogP contribution is 2.33. The molecule has 4 heteroatoms. The van der Waals surface area contributed by atoms with Gasteiger partial charge in [0.05, 0.1) is 0 Å². The van der Waals surface area contributed by atoms with Crippen LogP contribution < -0.4 is 5.32 Å². The first kappa shape index (κ1) is 15.5. The van der Waals surface area contributed by atoms with Gasteiger partial charge >= 0.3 is 5.97 Å². The van der Waals surface area contributed by atoms with Crippen LogP contribution in [0.25, 0.3) is 0 Å². The smallest absolute Gasteiger partial charge is 0.326 e. The van der Waals surface area contributed by atoms with E-state index in [4.69, 9.17) is 0 Å². The summed E-state index contributed by atoms with van der Waals surface area (Å²) >= 11 is 0. The largest absolute Gasteiger partial charge is 0.480 e. The van der Waals surface area contributed by atoms with Crippen LogP contribution in [0.2, 0.25) is 0 Å². The van der Waals surface area contributed by atoms with Crippen LogP contribution in [-0.4, -0.2) is 23.0 Å². The van der Waals surface area contributed by atoms with E-state index in [0.29, 0.717) is 17.9 Å². The van der Waals surface area contributed by atoms with Crippen molar-refractivity contribution in [1.29, 1.82) is 0 Å². The van der Waals surface area contributed by atoms with Crippen LogP contribution in [0.4, 0.5) is 0 Å². The van der Waals surface area contributed by atoms with E-state index in [1.807, 2.05) is 12.1 Å². The number of carbonyl (C=O) groups is 2. The summed E-state index contributed by atoms with van der Waals surface area (Å²) in [5.74, 6) is -0.820. The van der Waals surface area contributed by atoms with Gasteiger partial charge in [0, 0.05) is 5.56 Å². The summed E-state index contributed by atoms with van der Waals surface area (Å²) in [6.45, 7) is 6.33. The summed E-state index contributed by atoms with van der Waals surface area (Å²) in [6.07, 6.45) is 2.67. The van der Waals surface area contributed by atoms with Crippen molar-refractivity contribution in [3.05, 3.63) is 35.4 Å². The lowest BCUT2D eigenvalue weighted by Gasteiger charge is -2.19. The van der Waals surface area contributed by atoms with Gasteiger partial charge in [0.15, 0.2) is 0 Å². The van der Waals surface area contributed by atoms with Gasteiger partial charge in [-0.25, -0.2) is 4.79 Å². The van der Waals surface area contributed by atoms with E-state index in [1.165, 1.54) is 0 Å². The molecule has 0 heterocycles. The summed E-state index contributed by atoms with van der Waals surface area (Å²) in [4.78, 5) is 23.3. The molecule has 1 amide bonds. The number of benzene rings is 1. The van der Waals surface area contributed by atoms with Crippen LogP contribution in [0.5, 0.6) is 0 Å². The molecule has 0 spiro atoms. The number of amides is 1. The van der Waals surface area contributed by atoms with E-state index in [9.17, 15) is 14.7 Å². The molecule has 1 aromatic carbocycles. The highest BCUT2D eigenvalue weighted by Gasteiger charge is 2.30. The van der Waals surface area contributed by atoms with Gasteiger partial charge in [-0.2, -0.15) is 0 Å². The predicted molar refractivity (Wildman–Crippen MR) is 81.4 cm³/mol. The topological polar surface area (TPSA) is 66.4 Å². The minimum Gasteiger partial charge on any atom is -0.480 e. The minimum atomic E-state index is -0.957. The molecule has 1 aliphatic carbocycles. The number of hydrogen-bond donors (Lipinski definition) is 2. The second-order valence-electron chi connectivity index (χ2n) is 6.87. The van der Waals surface area contributed by atoms with Crippen molar-refractivity contribution in [2.75, 3.05) is 0 Å². The predicted octanol–water partition coefficient (Wildman–Crippen LogP) is 2.97. The maximum atomic E-state index is 12.1. The van der Waals surface area contributed by atoms with Crippen molar-refractivity contribution >= 4 is 11.9 Å². The minimum absolute atomic E-state index is 0.0323. The molecule has 1 fully saturated rings. The Bertz CT molecular complexity index is 524. The molecule has 1 aromatic rings. The number of carboxylic acid groups (broad SMARTS) is 1. The molecule has 1 aliphatic rings. The van der Waals surface area contributed by atoms with Crippen LogP contribution in [0.3, 0.4) is 0 Å². The third kappa shape index (κ3) is 4.31. The molecule has 1 saturated carbocycles. The lowest BCUT2D eigenvalue weighted by molar-refractivity contribution is -0.139. The average Bonchev–Trinajstić information content (AvgIpc) is 3.21. The first-order valence-electron chi connectivity index (χ1n) is 7.41. The summed E-state index contributed by atoms with van der Waals surface area (Å²) in [5.41, 5.74) is 1.68. The number of carboxylic acids is 1. The number of carbonyl (C=O) groups excluding carboxylic acids is 1. The molecular formula is C17H23NO3. The number of rotatable bonds is 5. The fraction of sp³-hybridized carbons (Fsp3) is 0.529. The number of aliphatic carboxylic acids is 1. The molecule has 0 unspecified atom stereocenters. The zero-order chi connectivity index (χ0) is 15.6. The SMILES string of the molecule is CC(C)(C)c1ccc(C(=O)N[C@H](CC2CC2)C(=O)O)cc1. The summed E-state index contributed by atoms with van der Waals surface area (Å²) in [5, 5.41) is 11.8. The fourth-order valence-electron chi connectivity index (χ4n) is 2.27. The first-order chi connectivity index (χ1) is 9.77. The van der Waals surface area contributed by atoms with Gasteiger partial charge < -0.3 is 10.4 Å². The van der Waals surface area contributed by atoms with E-state index >= 15 is 0 Å². The Hall–Kier alpha value is -1.84. The second-order valence-corrected chi connectivity index (χ2v) is 6.87. The van der Waals surface area contributed by atoms with Gasteiger partial charge in [0.1, 0.15) is 6.04 Å². The third-order valence-electron chi connectivity index (χ3n) is 3.88. The standard InChI is InChI=1S/C17H23NO3/c1-17(2,3)13-8-6-12(7-9-13)15(19)18-14(16(20)21)10-11-4-5-11/h6-9,11,14H,4-5,10H2,1-3H3,(H,18,19)(H,20,21)/t14-/m1/s1. The van der Waals surface area contributed by atoms with E-state index in [-0.39, 0.29) is 11.3 Å². The van der Waals surface area contributed by atoms with Crippen LogP contribution in [0.15, 0.2) is 24.3 Å². The zero-order valence-electron chi connectivity index (χ0n) is 12.8. The summed E-state index contributed by atoms with van der Waals surface area (Å²) in [6, 6.07) is 6.57. The highest BCUT2D eigenvalue weighted by molar-refractivity contribution is 5.96. The highest BCUT2D eigenvalue weighted by atomic mass is 16.4. The van der Waals surface area contributed by atoms with Crippen molar-refractivity contribution in [1.82, 2.24) is 5.32 Å².